The Kier molecular flexibility index (Phi) is 8.15. The molecular formula is C32H29F3N4O3. The minimum atomic E-state index is -4.71. The van der Waals surface area contributed by atoms with Gasteiger partial charge < -0.3 is 15.5 Å². The van der Waals surface area contributed by atoms with Gasteiger partial charge in [0.1, 0.15) is 6.04 Å². The molecule has 216 valence electrons. The van der Waals surface area contributed by atoms with E-state index in [1.54, 1.807) is 0 Å². The molecule has 5 rings (SSSR count). The zero-order chi connectivity index (χ0) is 29.9. The molecular weight excluding hydrogens is 545 g/mol. The van der Waals surface area contributed by atoms with E-state index in [1.807, 2.05) is 60.7 Å². The van der Waals surface area contributed by atoms with Crippen LogP contribution in [0.4, 0.5) is 18.0 Å². The van der Waals surface area contributed by atoms with Crippen LogP contribution in [0.2, 0.25) is 0 Å². The zero-order valence-corrected chi connectivity index (χ0v) is 22.6. The van der Waals surface area contributed by atoms with Crippen LogP contribution >= 0.6 is 0 Å². The maximum Gasteiger partial charge on any atom is 0.416 e. The van der Waals surface area contributed by atoms with Gasteiger partial charge in [0, 0.05) is 19.5 Å². The summed E-state index contributed by atoms with van der Waals surface area (Å²) < 4.78 is 42.0. The summed E-state index contributed by atoms with van der Waals surface area (Å²) in [7, 11) is 0. The van der Waals surface area contributed by atoms with Crippen LogP contribution in [0.1, 0.15) is 28.3 Å². The Labute approximate surface area is 241 Å². The fraction of sp³-hybridized carbons (Fsp3) is 0.219. The van der Waals surface area contributed by atoms with E-state index in [9.17, 15) is 27.6 Å². The molecule has 7 nitrogen and oxygen atoms in total. The van der Waals surface area contributed by atoms with E-state index in [4.69, 9.17) is 0 Å². The number of rotatable bonds is 9. The lowest BCUT2D eigenvalue weighted by Gasteiger charge is -2.33. The van der Waals surface area contributed by atoms with Crippen LogP contribution < -0.4 is 10.6 Å². The Morgan fingerprint density at radius 3 is 2.24 bits per heavy atom. The molecule has 4 amide bonds. The summed E-state index contributed by atoms with van der Waals surface area (Å²) in [5, 5.41) is 5.50. The lowest BCUT2D eigenvalue weighted by atomic mass is 9.91. The third kappa shape index (κ3) is 5.79. The van der Waals surface area contributed by atoms with E-state index in [0.717, 1.165) is 17.2 Å². The lowest BCUT2D eigenvalue weighted by Crippen LogP contribution is -2.49. The first-order valence-electron chi connectivity index (χ1n) is 13.4. The molecule has 0 saturated heterocycles. The molecule has 42 heavy (non-hydrogen) atoms. The number of carbonyl (C=O) groups is 3. The SMILES string of the molecule is C=CCN1C(=O)NC(c2ccccc2C(F)(F)F)C2=C1CN(C(Cc1ccccc1)C(=O)NCc1ccccc1)C2=O. The summed E-state index contributed by atoms with van der Waals surface area (Å²) in [5.74, 6) is -1.03. The van der Waals surface area contributed by atoms with Crippen molar-refractivity contribution in [2.24, 2.45) is 0 Å². The summed E-state index contributed by atoms with van der Waals surface area (Å²) in [6.07, 6.45) is -3.08. The van der Waals surface area contributed by atoms with E-state index >= 15 is 0 Å². The number of hydrogen-bond acceptors (Lipinski definition) is 3. The molecule has 2 atom stereocenters. The molecule has 0 fully saturated rings. The van der Waals surface area contributed by atoms with Crippen molar-refractivity contribution in [3.05, 3.63) is 131 Å². The maximum absolute atomic E-state index is 14.2. The van der Waals surface area contributed by atoms with E-state index in [1.165, 1.54) is 34.1 Å². The van der Waals surface area contributed by atoms with Gasteiger partial charge in [-0.15, -0.1) is 6.58 Å². The second kappa shape index (κ2) is 11.9. The maximum atomic E-state index is 14.2. The molecule has 0 aromatic heterocycles. The Balaban J connectivity index is 1.53. The van der Waals surface area contributed by atoms with Crippen molar-refractivity contribution in [3.8, 4) is 0 Å². The van der Waals surface area contributed by atoms with Crippen LogP contribution in [-0.4, -0.2) is 46.8 Å². The van der Waals surface area contributed by atoms with Gasteiger partial charge >= 0.3 is 12.2 Å². The van der Waals surface area contributed by atoms with Crippen LogP contribution in [0.25, 0.3) is 0 Å². The van der Waals surface area contributed by atoms with Crippen LogP contribution in [0, 0.1) is 0 Å². The second-order valence-electron chi connectivity index (χ2n) is 10.1. The highest BCUT2D eigenvalue weighted by molar-refractivity contribution is 6.03. The largest absolute Gasteiger partial charge is 0.416 e. The monoisotopic (exact) mass is 574 g/mol. The van der Waals surface area contributed by atoms with Gasteiger partial charge in [0.25, 0.3) is 5.91 Å². The number of nitrogens with zero attached hydrogens (tertiary/aromatic N) is 2. The normalized spacial score (nSPS) is 17.5. The molecule has 2 unspecified atom stereocenters. The Bertz CT molecular complexity index is 1520. The van der Waals surface area contributed by atoms with E-state index < -0.39 is 41.7 Å². The van der Waals surface area contributed by atoms with Gasteiger partial charge in [-0.3, -0.25) is 14.5 Å². The first-order valence-corrected chi connectivity index (χ1v) is 13.4. The number of benzene rings is 3. The van der Waals surface area contributed by atoms with Gasteiger partial charge in [0.15, 0.2) is 0 Å². The first kappa shape index (κ1) is 28.7. The summed E-state index contributed by atoms with van der Waals surface area (Å²) in [5.41, 5.74) is 0.720. The number of halogens is 3. The van der Waals surface area contributed by atoms with Gasteiger partial charge in [-0.25, -0.2) is 4.79 Å². The standard InChI is InChI=1S/C32H29F3N4O3/c1-2-17-38-26-20-39(25(18-21-11-5-3-6-12-21)29(40)36-19-22-13-7-4-8-14-22)30(41)27(26)28(37-31(38)42)23-15-9-10-16-24(23)32(33,34)35/h2-16,25,28H,1,17-20H2,(H,36,40)(H,37,42). The van der Waals surface area contributed by atoms with E-state index in [0.29, 0.717) is 0 Å². The van der Waals surface area contributed by atoms with Crippen LogP contribution in [0.15, 0.2) is 109 Å². The summed E-state index contributed by atoms with van der Waals surface area (Å²) in [6, 6.07) is 20.3. The Hall–Kier alpha value is -4.86. The highest BCUT2D eigenvalue weighted by atomic mass is 19.4. The molecule has 3 aromatic carbocycles. The Morgan fingerprint density at radius 2 is 1.60 bits per heavy atom. The molecule has 2 aliphatic rings. The number of urea groups is 1. The molecule has 2 heterocycles. The van der Waals surface area contributed by atoms with Crippen LogP contribution in [0.3, 0.4) is 0 Å². The quantitative estimate of drug-likeness (QED) is 0.354. The van der Waals surface area contributed by atoms with E-state index in [-0.39, 0.29) is 42.9 Å². The number of hydrogen-bond donors (Lipinski definition) is 2. The minimum Gasteiger partial charge on any atom is -0.350 e. The minimum absolute atomic E-state index is 0.00192. The molecule has 0 spiro atoms. The fourth-order valence-electron chi connectivity index (χ4n) is 5.41. The number of nitrogens with one attached hydrogen (secondary N) is 2. The summed E-state index contributed by atoms with van der Waals surface area (Å²) in [6.45, 7) is 3.81. The van der Waals surface area contributed by atoms with Crippen molar-refractivity contribution in [2.45, 2.75) is 31.2 Å². The summed E-state index contributed by atoms with van der Waals surface area (Å²) in [4.78, 5) is 43.6. The molecule has 0 aliphatic carbocycles. The molecule has 0 radical (unpaired) electrons. The van der Waals surface area contributed by atoms with Crippen molar-refractivity contribution in [1.29, 1.82) is 0 Å². The highest BCUT2D eigenvalue weighted by Gasteiger charge is 2.48. The van der Waals surface area contributed by atoms with Gasteiger partial charge in [0.05, 0.1) is 29.4 Å². The van der Waals surface area contributed by atoms with Gasteiger partial charge in [-0.05, 0) is 22.8 Å². The summed E-state index contributed by atoms with van der Waals surface area (Å²) >= 11 is 0. The van der Waals surface area contributed by atoms with Crippen molar-refractivity contribution in [1.82, 2.24) is 20.4 Å². The number of alkyl halides is 3. The zero-order valence-electron chi connectivity index (χ0n) is 22.6. The molecule has 3 aromatic rings. The topological polar surface area (TPSA) is 81.8 Å². The molecule has 2 aliphatic heterocycles. The third-order valence-electron chi connectivity index (χ3n) is 7.40. The third-order valence-corrected chi connectivity index (χ3v) is 7.40. The highest BCUT2D eigenvalue weighted by Crippen LogP contribution is 2.42. The van der Waals surface area contributed by atoms with Crippen molar-refractivity contribution in [2.75, 3.05) is 13.1 Å². The van der Waals surface area contributed by atoms with Crippen molar-refractivity contribution < 1.29 is 27.6 Å². The predicted molar refractivity (Wildman–Crippen MR) is 151 cm³/mol. The predicted octanol–water partition coefficient (Wildman–Crippen LogP) is 4.98. The molecule has 0 bridgehead atoms. The van der Waals surface area contributed by atoms with Gasteiger partial charge in [-0.2, -0.15) is 13.2 Å². The lowest BCUT2D eigenvalue weighted by molar-refractivity contribution is -0.138. The smallest absolute Gasteiger partial charge is 0.350 e. The first-order chi connectivity index (χ1) is 20.2. The van der Waals surface area contributed by atoms with Crippen molar-refractivity contribution in [3.63, 3.8) is 0 Å². The van der Waals surface area contributed by atoms with E-state index in [2.05, 4.69) is 17.2 Å². The van der Waals surface area contributed by atoms with Gasteiger partial charge in [-0.1, -0.05) is 84.9 Å². The second-order valence-corrected chi connectivity index (χ2v) is 10.1. The average molecular weight is 575 g/mol. The fourth-order valence-corrected chi connectivity index (χ4v) is 5.41. The molecule has 0 saturated carbocycles. The average Bonchev–Trinajstić information content (AvgIpc) is 3.33. The van der Waals surface area contributed by atoms with Gasteiger partial charge in [0.2, 0.25) is 5.91 Å². The van der Waals surface area contributed by atoms with Crippen LogP contribution in [-0.2, 0) is 28.7 Å². The number of carbonyl (C=O) groups excluding carboxylic acids is 3. The number of amides is 4. The van der Waals surface area contributed by atoms with Crippen LogP contribution in [0.5, 0.6) is 0 Å². The Morgan fingerprint density at radius 1 is 0.976 bits per heavy atom. The molecule has 10 heteroatoms. The molecule has 2 N–H and O–H groups in total. The van der Waals surface area contributed by atoms with Crippen molar-refractivity contribution >= 4 is 17.8 Å².